The Hall–Kier alpha value is -2.31. The van der Waals surface area contributed by atoms with E-state index in [2.05, 4.69) is 61.7 Å². The van der Waals surface area contributed by atoms with E-state index >= 15 is 0 Å². The van der Waals surface area contributed by atoms with Gasteiger partial charge >= 0.3 is 0 Å². The highest BCUT2D eigenvalue weighted by Gasteiger charge is 2.50. The summed E-state index contributed by atoms with van der Waals surface area (Å²) >= 11 is 0. The van der Waals surface area contributed by atoms with Crippen molar-refractivity contribution in [3.8, 4) is 0 Å². The van der Waals surface area contributed by atoms with Crippen molar-refractivity contribution in [2.75, 3.05) is 19.8 Å². The van der Waals surface area contributed by atoms with Crippen LogP contribution in [0.25, 0.3) is 0 Å². The zero-order valence-corrected chi connectivity index (χ0v) is 31.9. The smallest absolute Gasteiger partial charge is 0.224 e. The fourth-order valence-electron chi connectivity index (χ4n) is 6.01. The van der Waals surface area contributed by atoms with Gasteiger partial charge in [-0.25, -0.2) is 0 Å². The fraction of sp³-hybridized carbons (Fsp3) is 0.725. The molecule has 12 atom stereocenters. The SMILES string of the molecule is CC/C=C\C/C=C\C/C=C\C/C=C\C/C=C\CC(=O)NC(COC1OC(CO)C(OC2OC(CO)C(O)C(O)C2O)C(O)C1O)C(O)CCCCCCC. The van der Waals surface area contributed by atoms with Crippen molar-refractivity contribution in [3.63, 3.8) is 0 Å². The molecular formula is C40H67NO13. The van der Waals surface area contributed by atoms with Crippen LogP contribution < -0.4 is 5.32 Å². The number of unbranched alkanes of at least 4 members (excludes halogenated alkanes) is 4. The lowest BCUT2D eigenvalue weighted by atomic mass is 9.97. The molecular weight excluding hydrogens is 702 g/mol. The van der Waals surface area contributed by atoms with E-state index in [4.69, 9.17) is 18.9 Å². The molecule has 2 fully saturated rings. The van der Waals surface area contributed by atoms with E-state index in [9.17, 15) is 45.6 Å². The molecule has 9 N–H and O–H groups in total. The van der Waals surface area contributed by atoms with E-state index in [0.717, 1.165) is 57.8 Å². The van der Waals surface area contributed by atoms with Gasteiger partial charge in [-0.15, -0.1) is 0 Å². The molecule has 0 aromatic carbocycles. The molecule has 2 rings (SSSR count). The standard InChI is InChI=1S/C40H67NO13/c1-3-5-7-9-10-11-12-13-14-15-16-17-18-20-22-24-32(45)41-28(29(44)23-21-19-8-6-4-2)27-51-39-37(50)35(48)38(31(26-43)53-39)54-40-36(49)34(47)33(46)30(25-42)52-40/h5,7,10-11,13-14,16-17,20,22,28-31,33-40,42-44,46-50H,3-4,6,8-9,12,15,18-19,21,23-27H2,1-2H3,(H,41,45)/b7-5-,11-10-,14-13-,17-16-,22-20-. The maximum Gasteiger partial charge on any atom is 0.224 e. The first-order valence-corrected chi connectivity index (χ1v) is 19.5. The largest absolute Gasteiger partial charge is 0.394 e. The molecule has 2 aliphatic rings. The molecule has 310 valence electrons. The number of aliphatic hydroxyl groups excluding tert-OH is 8. The van der Waals surface area contributed by atoms with Crippen LogP contribution in [0.4, 0.5) is 0 Å². The molecule has 2 heterocycles. The summed E-state index contributed by atoms with van der Waals surface area (Å²) in [5.41, 5.74) is 0. The first kappa shape index (κ1) is 47.8. The van der Waals surface area contributed by atoms with E-state index in [-0.39, 0.29) is 18.9 Å². The Morgan fingerprint density at radius 2 is 1.20 bits per heavy atom. The lowest BCUT2D eigenvalue weighted by molar-refractivity contribution is -0.359. The van der Waals surface area contributed by atoms with Crippen LogP contribution in [0.1, 0.15) is 90.9 Å². The van der Waals surface area contributed by atoms with Crippen LogP contribution in [0.2, 0.25) is 0 Å². The van der Waals surface area contributed by atoms with Crippen LogP contribution in [0.3, 0.4) is 0 Å². The third-order valence-electron chi connectivity index (χ3n) is 9.28. The first-order chi connectivity index (χ1) is 26.1. The highest BCUT2D eigenvalue weighted by molar-refractivity contribution is 5.77. The van der Waals surface area contributed by atoms with Gasteiger partial charge in [0.05, 0.1) is 32.0 Å². The molecule has 0 aromatic heterocycles. The van der Waals surface area contributed by atoms with E-state index in [1.807, 2.05) is 12.2 Å². The Morgan fingerprint density at radius 3 is 1.78 bits per heavy atom. The topological polar surface area (TPSA) is 228 Å². The fourth-order valence-corrected chi connectivity index (χ4v) is 6.01. The molecule has 14 heteroatoms. The predicted octanol–water partition coefficient (Wildman–Crippen LogP) is 1.97. The number of rotatable bonds is 26. The van der Waals surface area contributed by atoms with Gasteiger partial charge in [0.15, 0.2) is 12.6 Å². The van der Waals surface area contributed by atoms with Crippen molar-refractivity contribution in [2.45, 2.75) is 164 Å². The normalized spacial score (nSPS) is 30.7. The minimum atomic E-state index is -1.79. The number of hydrogen-bond acceptors (Lipinski definition) is 13. The van der Waals surface area contributed by atoms with Gasteiger partial charge in [-0.05, 0) is 38.5 Å². The molecule has 14 nitrogen and oxygen atoms in total. The van der Waals surface area contributed by atoms with E-state index in [1.54, 1.807) is 6.08 Å². The van der Waals surface area contributed by atoms with E-state index in [0.29, 0.717) is 12.8 Å². The molecule has 0 aliphatic carbocycles. The van der Waals surface area contributed by atoms with Gasteiger partial charge in [-0.2, -0.15) is 0 Å². The van der Waals surface area contributed by atoms with Crippen molar-refractivity contribution in [3.05, 3.63) is 60.8 Å². The first-order valence-electron chi connectivity index (χ1n) is 19.5. The number of amides is 1. The van der Waals surface area contributed by atoms with Crippen molar-refractivity contribution >= 4 is 5.91 Å². The molecule has 2 saturated heterocycles. The monoisotopic (exact) mass is 769 g/mol. The van der Waals surface area contributed by atoms with Gasteiger partial charge in [0.2, 0.25) is 5.91 Å². The molecule has 0 spiro atoms. The number of allylic oxidation sites excluding steroid dienone is 9. The summed E-state index contributed by atoms with van der Waals surface area (Å²) in [6.45, 7) is 2.50. The molecule has 54 heavy (non-hydrogen) atoms. The molecule has 2 aliphatic heterocycles. The number of ether oxygens (including phenoxy) is 4. The van der Waals surface area contributed by atoms with Crippen molar-refractivity contribution in [1.82, 2.24) is 5.32 Å². The van der Waals surface area contributed by atoms with Gasteiger partial charge < -0.3 is 65.1 Å². The Balaban J connectivity index is 1.93. The molecule has 12 unspecified atom stereocenters. The molecule has 0 saturated carbocycles. The summed E-state index contributed by atoms with van der Waals surface area (Å²) in [5, 5.41) is 85.8. The third-order valence-corrected chi connectivity index (χ3v) is 9.28. The number of nitrogens with one attached hydrogen (secondary N) is 1. The second-order valence-corrected chi connectivity index (χ2v) is 13.7. The Bertz CT molecular complexity index is 1140. The second kappa shape index (κ2) is 28.1. The minimum Gasteiger partial charge on any atom is -0.394 e. The molecule has 1 amide bonds. The van der Waals surface area contributed by atoms with Gasteiger partial charge in [0.25, 0.3) is 0 Å². The zero-order valence-electron chi connectivity index (χ0n) is 31.9. The summed E-state index contributed by atoms with van der Waals surface area (Å²) < 4.78 is 22.4. The number of carbonyl (C=O) groups is 1. The average molecular weight is 770 g/mol. The Kier molecular flexibility index (Phi) is 24.9. The molecule has 0 radical (unpaired) electrons. The lowest BCUT2D eigenvalue weighted by Crippen LogP contribution is -2.65. The highest BCUT2D eigenvalue weighted by atomic mass is 16.7. The van der Waals surface area contributed by atoms with E-state index in [1.165, 1.54) is 0 Å². The van der Waals surface area contributed by atoms with Crippen LogP contribution in [-0.4, -0.2) is 140 Å². The zero-order chi connectivity index (χ0) is 39.7. The Labute approximate surface area is 320 Å². The Morgan fingerprint density at radius 1 is 0.667 bits per heavy atom. The summed E-state index contributed by atoms with van der Waals surface area (Å²) in [4.78, 5) is 12.9. The highest BCUT2D eigenvalue weighted by Crippen LogP contribution is 2.29. The predicted molar refractivity (Wildman–Crippen MR) is 203 cm³/mol. The summed E-state index contributed by atoms with van der Waals surface area (Å²) in [6.07, 6.45) is 13.3. The third kappa shape index (κ3) is 17.2. The lowest BCUT2D eigenvalue weighted by Gasteiger charge is -2.46. The van der Waals surface area contributed by atoms with Crippen LogP contribution in [-0.2, 0) is 23.7 Å². The van der Waals surface area contributed by atoms with Crippen LogP contribution in [0.15, 0.2) is 60.8 Å². The van der Waals surface area contributed by atoms with Crippen LogP contribution in [0.5, 0.6) is 0 Å². The number of carbonyl (C=O) groups excluding carboxylic acids is 1. The minimum absolute atomic E-state index is 0.0675. The summed E-state index contributed by atoms with van der Waals surface area (Å²) in [5.74, 6) is -0.346. The van der Waals surface area contributed by atoms with Gasteiger partial charge in [-0.3, -0.25) is 4.79 Å². The average Bonchev–Trinajstić information content (AvgIpc) is 3.17. The molecule has 0 bridgehead atoms. The quantitative estimate of drug-likeness (QED) is 0.0454. The summed E-state index contributed by atoms with van der Waals surface area (Å²) in [7, 11) is 0. The van der Waals surface area contributed by atoms with Crippen molar-refractivity contribution in [1.29, 1.82) is 0 Å². The molecule has 0 aromatic rings. The van der Waals surface area contributed by atoms with Gasteiger partial charge in [0.1, 0.15) is 48.8 Å². The number of hydrogen-bond donors (Lipinski definition) is 9. The van der Waals surface area contributed by atoms with Crippen molar-refractivity contribution < 1.29 is 64.6 Å². The van der Waals surface area contributed by atoms with Gasteiger partial charge in [0, 0.05) is 6.42 Å². The maximum atomic E-state index is 12.9. The van der Waals surface area contributed by atoms with Crippen molar-refractivity contribution in [2.24, 2.45) is 0 Å². The van der Waals surface area contributed by atoms with Gasteiger partial charge in [-0.1, -0.05) is 107 Å². The van der Waals surface area contributed by atoms with Crippen LogP contribution in [0, 0.1) is 0 Å². The number of aliphatic hydroxyl groups is 8. The maximum absolute atomic E-state index is 12.9. The van der Waals surface area contributed by atoms with Crippen LogP contribution >= 0.6 is 0 Å². The summed E-state index contributed by atoms with van der Waals surface area (Å²) in [6, 6.07) is -0.880. The second-order valence-electron chi connectivity index (χ2n) is 13.7. The van der Waals surface area contributed by atoms with E-state index < -0.39 is 86.8 Å².